The molecule has 2 heteroatoms. The summed E-state index contributed by atoms with van der Waals surface area (Å²) in [4.78, 5) is 4.13. The van der Waals surface area contributed by atoms with E-state index >= 15 is 0 Å². The third-order valence-corrected chi connectivity index (χ3v) is 5.38. The molecule has 0 unspecified atom stereocenters. The molecule has 0 bridgehead atoms. The third kappa shape index (κ3) is 2.65. The van der Waals surface area contributed by atoms with E-state index in [1.54, 1.807) is 0 Å². The molecule has 106 valence electrons. The number of hydrogen-bond donors (Lipinski definition) is 0. The Bertz CT molecular complexity index is 477. The van der Waals surface area contributed by atoms with E-state index in [2.05, 4.69) is 71.2 Å². The van der Waals surface area contributed by atoms with Crippen LogP contribution in [-0.4, -0.2) is 17.8 Å². The van der Waals surface area contributed by atoms with Gasteiger partial charge in [0.15, 0.2) is 0 Å². The lowest BCUT2D eigenvalue weighted by Crippen LogP contribution is -2.39. The zero-order valence-electron chi connectivity index (χ0n) is 13.4. The van der Waals surface area contributed by atoms with Crippen molar-refractivity contribution >= 4 is 17.4 Å². The molecule has 1 aromatic rings. The molecular formula is C17H27NS. The molecule has 1 aliphatic heterocycles. The summed E-state index contributed by atoms with van der Waals surface area (Å²) in [7, 11) is 0. The summed E-state index contributed by atoms with van der Waals surface area (Å²) in [6.07, 6.45) is 0. The van der Waals surface area contributed by atoms with Crippen molar-refractivity contribution in [2.75, 3.05) is 11.4 Å². The third-order valence-electron chi connectivity index (χ3n) is 4.10. The molecule has 0 saturated heterocycles. The van der Waals surface area contributed by atoms with Crippen molar-refractivity contribution < 1.29 is 0 Å². The molecule has 0 spiro atoms. The zero-order valence-corrected chi connectivity index (χ0v) is 14.2. The first kappa shape index (κ1) is 14.8. The first-order chi connectivity index (χ1) is 8.82. The van der Waals surface area contributed by atoms with E-state index in [1.807, 2.05) is 0 Å². The van der Waals surface area contributed by atoms with Gasteiger partial charge in [0.1, 0.15) is 0 Å². The van der Waals surface area contributed by atoms with Gasteiger partial charge in [-0.05, 0) is 50.3 Å². The number of aryl methyl sites for hydroxylation is 1. The molecule has 2 rings (SSSR count). The Kier molecular flexibility index (Phi) is 4.20. The smallest absolute Gasteiger partial charge is 0.0545 e. The lowest BCUT2D eigenvalue weighted by molar-refractivity contribution is 0.653. The molecule has 19 heavy (non-hydrogen) atoms. The maximum Gasteiger partial charge on any atom is 0.0545 e. The summed E-state index contributed by atoms with van der Waals surface area (Å²) in [5.41, 5.74) is 5.94. The van der Waals surface area contributed by atoms with E-state index in [-0.39, 0.29) is 0 Å². The standard InChI is InChI=1S/C17H27NS/c1-10(2)15-8-12(5)14(7)17-16(15)18(11(3)4)9-13(6)19-17/h8,10-11,13H,9H2,1-7H3/t13-/m1/s1. The minimum absolute atomic E-state index is 0.571. The topological polar surface area (TPSA) is 3.24 Å². The van der Waals surface area contributed by atoms with Gasteiger partial charge in [0, 0.05) is 22.7 Å². The van der Waals surface area contributed by atoms with E-state index in [0.717, 1.165) is 6.54 Å². The van der Waals surface area contributed by atoms with Gasteiger partial charge >= 0.3 is 0 Å². The van der Waals surface area contributed by atoms with Gasteiger partial charge < -0.3 is 4.90 Å². The first-order valence-corrected chi connectivity index (χ1v) is 8.28. The lowest BCUT2D eigenvalue weighted by Gasteiger charge is -2.40. The number of rotatable bonds is 2. The van der Waals surface area contributed by atoms with Crippen molar-refractivity contribution in [3.05, 3.63) is 22.8 Å². The summed E-state index contributed by atoms with van der Waals surface area (Å²) < 4.78 is 0. The lowest BCUT2D eigenvalue weighted by atomic mass is 9.94. The number of fused-ring (bicyclic) bond motifs is 1. The minimum atomic E-state index is 0.571. The molecule has 0 aromatic heterocycles. The minimum Gasteiger partial charge on any atom is -0.367 e. The van der Waals surface area contributed by atoms with Gasteiger partial charge in [-0.1, -0.05) is 26.8 Å². The van der Waals surface area contributed by atoms with E-state index in [1.165, 1.54) is 27.3 Å². The summed E-state index contributed by atoms with van der Waals surface area (Å²) in [5.74, 6) is 0.586. The highest BCUT2D eigenvalue weighted by atomic mass is 32.2. The summed E-state index contributed by atoms with van der Waals surface area (Å²) in [6, 6.07) is 2.98. The fourth-order valence-corrected chi connectivity index (χ4v) is 4.18. The molecule has 0 fully saturated rings. The zero-order chi connectivity index (χ0) is 14.3. The van der Waals surface area contributed by atoms with Crippen LogP contribution >= 0.6 is 11.8 Å². The normalized spacial score (nSPS) is 19.2. The second-order valence-electron chi connectivity index (χ2n) is 6.41. The Balaban J connectivity index is 2.68. The fraction of sp³-hybridized carbons (Fsp3) is 0.647. The van der Waals surface area contributed by atoms with Gasteiger partial charge in [-0.2, -0.15) is 0 Å². The highest BCUT2D eigenvalue weighted by molar-refractivity contribution is 8.00. The van der Waals surface area contributed by atoms with Crippen molar-refractivity contribution in [2.45, 2.75) is 70.6 Å². The number of anilines is 1. The molecule has 0 aliphatic carbocycles. The van der Waals surface area contributed by atoms with Crippen LogP contribution in [0.4, 0.5) is 5.69 Å². The van der Waals surface area contributed by atoms with Crippen molar-refractivity contribution in [2.24, 2.45) is 0 Å². The van der Waals surface area contributed by atoms with Crippen LogP contribution in [0.5, 0.6) is 0 Å². The van der Waals surface area contributed by atoms with Crippen molar-refractivity contribution in [3.63, 3.8) is 0 Å². The van der Waals surface area contributed by atoms with Crippen LogP contribution in [0.1, 0.15) is 57.2 Å². The second kappa shape index (κ2) is 5.40. The van der Waals surface area contributed by atoms with Crippen molar-refractivity contribution in [1.29, 1.82) is 0 Å². The SMILES string of the molecule is Cc1cc(C(C)C)c2c(c1C)S[C@H](C)CN2C(C)C. The van der Waals surface area contributed by atoms with E-state index < -0.39 is 0 Å². The Morgan fingerprint density at radius 1 is 1.21 bits per heavy atom. The maximum absolute atomic E-state index is 2.61. The summed E-state index contributed by atoms with van der Waals surface area (Å²) in [6.45, 7) is 17.3. The highest BCUT2D eigenvalue weighted by Crippen LogP contribution is 2.46. The van der Waals surface area contributed by atoms with E-state index in [4.69, 9.17) is 0 Å². The predicted molar refractivity (Wildman–Crippen MR) is 87.8 cm³/mol. The molecule has 0 N–H and O–H groups in total. The second-order valence-corrected chi connectivity index (χ2v) is 7.86. The molecular weight excluding hydrogens is 250 g/mol. The monoisotopic (exact) mass is 277 g/mol. The molecule has 1 atom stereocenters. The van der Waals surface area contributed by atoms with Crippen molar-refractivity contribution in [3.8, 4) is 0 Å². The van der Waals surface area contributed by atoms with Gasteiger partial charge in [0.25, 0.3) is 0 Å². The van der Waals surface area contributed by atoms with Crippen LogP contribution < -0.4 is 4.90 Å². The number of thioether (sulfide) groups is 1. The molecule has 1 nitrogen and oxygen atoms in total. The molecule has 1 aromatic carbocycles. The van der Waals surface area contributed by atoms with Gasteiger partial charge in [0.05, 0.1) is 5.69 Å². The van der Waals surface area contributed by atoms with E-state index in [0.29, 0.717) is 17.2 Å². The van der Waals surface area contributed by atoms with Crippen LogP contribution in [0.2, 0.25) is 0 Å². The first-order valence-electron chi connectivity index (χ1n) is 7.40. The number of hydrogen-bond acceptors (Lipinski definition) is 2. The molecule has 0 radical (unpaired) electrons. The molecule has 0 amide bonds. The largest absolute Gasteiger partial charge is 0.367 e. The Hall–Kier alpha value is -0.630. The maximum atomic E-state index is 2.61. The van der Waals surface area contributed by atoms with Crippen LogP contribution in [0, 0.1) is 13.8 Å². The van der Waals surface area contributed by atoms with Crippen molar-refractivity contribution in [1.82, 2.24) is 0 Å². The number of nitrogens with zero attached hydrogens (tertiary/aromatic N) is 1. The Labute approximate surface area is 122 Å². The average Bonchev–Trinajstić information content (AvgIpc) is 2.32. The Morgan fingerprint density at radius 2 is 1.84 bits per heavy atom. The van der Waals surface area contributed by atoms with Crippen LogP contribution in [0.25, 0.3) is 0 Å². The molecule has 1 aliphatic rings. The van der Waals surface area contributed by atoms with E-state index in [9.17, 15) is 0 Å². The summed E-state index contributed by atoms with van der Waals surface area (Å²) >= 11 is 2.06. The fourth-order valence-electron chi connectivity index (χ4n) is 2.85. The average molecular weight is 277 g/mol. The van der Waals surface area contributed by atoms with Crippen LogP contribution in [0.3, 0.4) is 0 Å². The summed E-state index contributed by atoms with van der Waals surface area (Å²) in [5, 5.41) is 0.676. The molecule has 1 heterocycles. The quantitative estimate of drug-likeness (QED) is 0.736. The van der Waals surface area contributed by atoms with Gasteiger partial charge in [0.2, 0.25) is 0 Å². The van der Waals surface area contributed by atoms with Crippen LogP contribution in [0.15, 0.2) is 11.0 Å². The van der Waals surface area contributed by atoms with Gasteiger partial charge in [-0.3, -0.25) is 0 Å². The Morgan fingerprint density at radius 3 is 2.37 bits per heavy atom. The number of benzene rings is 1. The van der Waals surface area contributed by atoms with Crippen LogP contribution in [-0.2, 0) is 0 Å². The highest BCUT2D eigenvalue weighted by Gasteiger charge is 2.29. The predicted octanol–water partition coefficient (Wildman–Crippen LogP) is 5.14. The van der Waals surface area contributed by atoms with Gasteiger partial charge in [-0.15, -0.1) is 11.8 Å². The molecule has 0 saturated carbocycles. The van der Waals surface area contributed by atoms with Gasteiger partial charge in [-0.25, -0.2) is 0 Å².